The van der Waals surface area contributed by atoms with Gasteiger partial charge in [0, 0.05) is 0 Å². The first-order valence-corrected chi connectivity index (χ1v) is 14.3. The SMILES string of the molecule is CCCCCCCCOc1ccc(C(=O)Oc2ccc(OC(=O)[C@@](F)(C(F)(F)F)C(F)(F)N3C(F)(F)C(F)(F)OC(F)(F)C3(F)F)cc2)cc1. The molecule has 1 aliphatic heterocycles. The minimum Gasteiger partial charge on any atom is -0.494 e. The highest BCUT2D eigenvalue weighted by molar-refractivity contribution is 5.91. The van der Waals surface area contributed by atoms with Crippen LogP contribution in [0.25, 0.3) is 0 Å². The lowest BCUT2D eigenvalue weighted by Crippen LogP contribution is -2.82. The summed E-state index contributed by atoms with van der Waals surface area (Å²) in [4.78, 5) is 20.4. The van der Waals surface area contributed by atoms with Crippen LogP contribution in [-0.2, 0) is 9.53 Å². The lowest BCUT2D eigenvalue weighted by Gasteiger charge is -2.51. The summed E-state index contributed by atoms with van der Waals surface area (Å²) in [6.07, 6.45) is -15.6. The summed E-state index contributed by atoms with van der Waals surface area (Å²) in [7, 11) is 0. The van der Waals surface area contributed by atoms with Gasteiger partial charge in [-0.2, -0.15) is 57.1 Å². The first kappa shape index (κ1) is 40.5. The molecule has 0 saturated carbocycles. The molecule has 2 aromatic rings. The Bertz CT molecular complexity index is 1460. The van der Waals surface area contributed by atoms with Gasteiger partial charge in [0.05, 0.1) is 12.2 Å². The minimum atomic E-state index is -7.95. The molecule has 280 valence electrons. The number of halogens is 14. The van der Waals surface area contributed by atoms with Gasteiger partial charge < -0.3 is 14.2 Å². The minimum absolute atomic E-state index is 0.0603. The summed E-state index contributed by atoms with van der Waals surface area (Å²) in [5.74, 6) is -6.48. The predicted octanol–water partition coefficient (Wildman–Crippen LogP) is 9.12. The number of morpholine rings is 1. The van der Waals surface area contributed by atoms with Crippen molar-refractivity contribution in [2.45, 2.75) is 87.7 Å². The van der Waals surface area contributed by atoms with Crippen LogP contribution in [0.1, 0.15) is 55.8 Å². The van der Waals surface area contributed by atoms with Crippen molar-refractivity contribution in [3.63, 3.8) is 0 Å². The van der Waals surface area contributed by atoms with Gasteiger partial charge in [0.2, 0.25) is 0 Å². The zero-order valence-electron chi connectivity index (χ0n) is 25.3. The Morgan fingerprint density at radius 2 is 1.10 bits per heavy atom. The Kier molecular flexibility index (Phi) is 11.7. The van der Waals surface area contributed by atoms with Crippen LogP contribution in [0.2, 0.25) is 0 Å². The third kappa shape index (κ3) is 7.71. The molecule has 21 heteroatoms. The highest BCUT2D eigenvalue weighted by Crippen LogP contribution is 2.62. The molecule has 1 atom stereocenters. The highest BCUT2D eigenvalue weighted by Gasteiger charge is 2.93. The fraction of sp³-hybridized carbons (Fsp3) is 0.517. The number of carbonyl (C=O) groups excluding carboxylic acids is 2. The summed E-state index contributed by atoms with van der Waals surface area (Å²) in [6.45, 7) is 2.50. The van der Waals surface area contributed by atoms with Gasteiger partial charge in [0.25, 0.3) is 0 Å². The molecule has 50 heavy (non-hydrogen) atoms. The maximum atomic E-state index is 15.1. The molecule has 0 aliphatic carbocycles. The van der Waals surface area contributed by atoms with Crippen molar-refractivity contribution in [3.8, 4) is 17.2 Å². The Labute approximate surface area is 273 Å². The van der Waals surface area contributed by atoms with Gasteiger partial charge in [0.1, 0.15) is 17.2 Å². The lowest BCUT2D eigenvalue weighted by molar-refractivity contribution is -0.592. The standard InChI is InChI=1S/C29H25F14NO6/c1-2-3-4-5-6-7-16-47-18-10-8-17(9-11-18)21(45)48-19-12-14-20(15-13-19)49-22(46)23(30,24(31,32)33)25(34,35)44-26(36,37)28(40,41)50-29(42,43)27(44,38)39/h8-15H,2-7,16H2,1H3/t23-/m1/s1. The number of unbranched alkanes of at least 4 members (excludes halogenated alkanes) is 5. The number of carbonyl (C=O) groups is 2. The van der Waals surface area contributed by atoms with Crippen molar-refractivity contribution in [1.82, 2.24) is 4.90 Å². The molecule has 0 unspecified atom stereocenters. The van der Waals surface area contributed by atoms with Crippen LogP contribution in [0.15, 0.2) is 48.5 Å². The Balaban J connectivity index is 1.75. The molecule has 0 N–H and O–H groups in total. The van der Waals surface area contributed by atoms with E-state index in [0.29, 0.717) is 36.6 Å². The lowest BCUT2D eigenvalue weighted by atomic mass is 9.99. The third-order valence-corrected chi connectivity index (χ3v) is 6.99. The molecule has 1 heterocycles. The monoisotopic (exact) mass is 749 g/mol. The van der Waals surface area contributed by atoms with Crippen molar-refractivity contribution in [1.29, 1.82) is 0 Å². The van der Waals surface area contributed by atoms with E-state index in [0.717, 1.165) is 38.5 Å². The van der Waals surface area contributed by atoms with Gasteiger partial charge >= 0.3 is 54.1 Å². The number of esters is 2. The second-order valence-corrected chi connectivity index (χ2v) is 10.6. The number of ether oxygens (including phenoxy) is 4. The zero-order valence-corrected chi connectivity index (χ0v) is 25.3. The molecule has 0 amide bonds. The summed E-state index contributed by atoms with van der Waals surface area (Å²) < 4.78 is 211. The summed E-state index contributed by atoms with van der Waals surface area (Å²) >= 11 is 0. The Morgan fingerprint density at radius 1 is 0.660 bits per heavy atom. The van der Waals surface area contributed by atoms with E-state index in [9.17, 15) is 66.7 Å². The molecule has 7 nitrogen and oxygen atoms in total. The Hall–Kier alpha value is -3.88. The van der Waals surface area contributed by atoms with Crippen molar-refractivity contribution in [2.75, 3.05) is 6.61 Å². The summed E-state index contributed by atoms with van der Waals surface area (Å²) in [6, 6.07) is -15.6. The largest absolute Gasteiger partial charge is 0.494 e. The van der Waals surface area contributed by atoms with Crippen LogP contribution in [-0.4, -0.2) is 65.6 Å². The number of hydrogen-bond acceptors (Lipinski definition) is 7. The zero-order chi connectivity index (χ0) is 38.0. The predicted molar refractivity (Wildman–Crippen MR) is 140 cm³/mol. The first-order chi connectivity index (χ1) is 22.9. The number of benzene rings is 2. The maximum absolute atomic E-state index is 15.1. The molecule has 0 spiro atoms. The average molecular weight is 749 g/mol. The second-order valence-electron chi connectivity index (χ2n) is 10.6. The van der Waals surface area contributed by atoms with E-state index in [4.69, 9.17) is 9.47 Å². The van der Waals surface area contributed by atoms with Crippen LogP contribution in [0.3, 0.4) is 0 Å². The second kappa shape index (κ2) is 14.4. The number of alkyl halides is 14. The van der Waals surface area contributed by atoms with Gasteiger partial charge in [-0.3, -0.25) is 0 Å². The number of rotatable bonds is 14. The Morgan fingerprint density at radius 3 is 1.58 bits per heavy atom. The number of hydrogen-bond donors (Lipinski definition) is 0. The van der Waals surface area contributed by atoms with Crippen LogP contribution >= 0.6 is 0 Å². The molecule has 2 aromatic carbocycles. The normalized spacial score (nSPS) is 19.7. The smallest absolute Gasteiger partial charge is 0.441 e. The van der Waals surface area contributed by atoms with Crippen LogP contribution in [0, 0.1) is 0 Å². The third-order valence-electron chi connectivity index (χ3n) is 6.99. The molecule has 3 rings (SSSR count). The van der Waals surface area contributed by atoms with E-state index < -0.39 is 70.5 Å². The summed E-state index contributed by atoms with van der Waals surface area (Å²) in [5, 5.41) is 0. The number of nitrogens with zero attached hydrogens (tertiary/aromatic N) is 1. The fourth-order valence-corrected chi connectivity index (χ4v) is 4.31. The molecule has 0 radical (unpaired) electrons. The van der Waals surface area contributed by atoms with E-state index in [1.807, 2.05) is 4.74 Å². The van der Waals surface area contributed by atoms with E-state index in [1.165, 1.54) is 24.3 Å². The quantitative estimate of drug-likeness (QED) is 0.0628. The molecule has 0 aromatic heterocycles. The van der Waals surface area contributed by atoms with Crippen LogP contribution in [0.4, 0.5) is 61.5 Å². The average Bonchev–Trinajstić information content (AvgIpc) is 2.99. The molecule has 0 bridgehead atoms. The first-order valence-electron chi connectivity index (χ1n) is 14.3. The van der Waals surface area contributed by atoms with E-state index in [2.05, 4.69) is 11.7 Å². The van der Waals surface area contributed by atoms with Crippen molar-refractivity contribution in [3.05, 3.63) is 54.1 Å². The van der Waals surface area contributed by atoms with E-state index >= 15 is 4.39 Å². The molecule has 1 saturated heterocycles. The molecular formula is C29H25F14NO6. The topological polar surface area (TPSA) is 74.3 Å². The van der Waals surface area contributed by atoms with Gasteiger partial charge in [-0.1, -0.05) is 39.0 Å². The highest BCUT2D eigenvalue weighted by atomic mass is 19.4. The van der Waals surface area contributed by atoms with E-state index in [-0.39, 0.29) is 5.56 Å². The fourth-order valence-electron chi connectivity index (χ4n) is 4.31. The summed E-state index contributed by atoms with van der Waals surface area (Å²) in [5.41, 5.74) is -7.50. The van der Waals surface area contributed by atoms with Gasteiger partial charge in [0.15, 0.2) is 0 Å². The van der Waals surface area contributed by atoms with Crippen LogP contribution in [0.5, 0.6) is 17.2 Å². The molecule has 1 aliphatic rings. The van der Waals surface area contributed by atoms with Gasteiger partial charge in [-0.25, -0.2) is 18.7 Å². The van der Waals surface area contributed by atoms with Crippen molar-refractivity contribution in [2.24, 2.45) is 0 Å². The molecular weight excluding hydrogens is 724 g/mol. The maximum Gasteiger partial charge on any atom is 0.441 e. The van der Waals surface area contributed by atoms with E-state index in [1.54, 1.807) is 0 Å². The van der Waals surface area contributed by atoms with Crippen molar-refractivity contribution >= 4 is 11.9 Å². The van der Waals surface area contributed by atoms with Gasteiger partial charge in [-0.05, 0) is 55.0 Å². The van der Waals surface area contributed by atoms with Crippen molar-refractivity contribution < 1.29 is 90.0 Å². The molecule has 1 fully saturated rings. The van der Waals surface area contributed by atoms with Crippen LogP contribution < -0.4 is 14.2 Å². The van der Waals surface area contributed by atoms with Gasteiger partial charge in [-0.15, -0.1) is 4.90 Å².